The topological polar surface area (TPSA) is 116 Å². The van der Waals surface area contributed by atoms with Crippen LogP contribution >= 0.6 is 0 Å². The molecule has 0 bridgehead atoms. The van der Waals surface area contributed by atoms with E-state index in [1.54, 1.807) is 11.0 Å². The lowest BCUT2D eigenvalue weighted by Gasteiger charge is -2.31. The molecule has 0 spiro atoms. The summed E-state index contributed by atoms with van der Waals surface area (Å²) in [6.45, 7) is 4.58. The maximum atomic E-state index is 13.9. The predicted octanol–water partition coefficient (Wildman–Crippen LogP) is 5.02. The van der Waals surface area contributed by atoms with Crippen LogP contribution in [0.1, 0.15) is 79.4 Å². The molecule has 2 aliphatic carbocycles. The Labute approximate surface area is 249 Å². The number of nitrogens with two attached hydrogens (primary N) is 1. The first-order valence-corrected chi connectivity index (χ1v) is 15.2. The fourth-order valence-electron chi connectivity index (χ4n) is 5.63. The summed E-state index contributed by atoms with van der Waals surface area (Å²) >= 11 is 0. The highest BCUT2D eigenvalue weighted by Gasteiger charge is 2.36. The number of nitrogens with one attached hydrogen (secondary N) is 1. The summed E-state index contributed by atoms with van der Waals surface area (Å²) in [5.74, 6) is -0.441. The van der Waals surface area contributed by atoms with E-state index in [1.807, 2.05) is 56.3 Å². The molecule has 42 heavy (non-hydrogen) atoms. The molecule has 1 saturated carbocycles. The Balaban J connectivity index is 1.61. The number of primary amides is 1. The van der Waals surface area contributed by atoms with E-state index < -0.39 is 18.5 Å². The molecule has 1 atom stereocenters. The number of benzene rings is 2. The average Bonchev–Trinajstić information content (AvgIpc) is 3.85. The van der Waals surface area contributed by atoms with Crippen LogP contribution in [0.2, 0.25) is 0 Å². The summed E-state index contributed by atoms with van der Waals surface area (Å²) in [6, 6.07) is 14.4. The van der Waals surface area contributed by atoms with Crippen molar-refractivity contribution in [1.82, 2.24) is 15.1 Å². The Hall–Kier alpha value is -3.91. The second-order valence-corrected chi connectivity index (χ2v) is 11.3. The Kier molecular flexibility index (Phi) is 11.0. The molecule has 0 aromatic heterocycles. The molecule has 0 radical (unpaired) electrons. The van der Waals surface area contributed by atoms with Gasteiger partial charge in [0.2, 0.25) is 5.91 Å². The lowest BCUT2D eigenvalue weighted by molar-refractivity contribution is -0.134. The van der Waals surface area contributed by atoms with Crippen molar-refractivity contribution in [2.24, 2.45) is 11.7 Å². The summed E-state index contributed by atoms with van der Waals surface area (Å²) < 4.78 is 0. The minimum atomic E-state index is -0.941. The van der Waals surface area contributed by atoms with E-state index in [0.717, 1.165) is 71.4 Å². The highest BCUT2D eigenvalue weighted by atomic mass is 16.3. The van der Waals surface area contributed by atoms with Crippen LogP contribution in [-0.2, 0) is 17.8 Å². The summed E-state index contributed by atoms with van der Waals surface area (Å²) in [5.41, 5.74) is 11.0. The molecular formula is C34H44N4O4. The zero-order valence-corrected chi connectivity index (χ0v) is 24.9. The number of urea groups is 1. The molecule has 1 fully saturated rings. The fraction of sp³-hybridized carbons (Fsp3) is 0.441. The quantitative estimate of drug-likeness (QED) is 0.312. The molecule has 0 unspecified atom stereocenters. The molecule has 8 nitrogen and oxygen atoms in total. The summed E-state index contributed by atoms with van der Waals surface area (Å²) in [4.78, 5) is 42.8. The van der Waals surface area contributed by atoms with Crippen LogP contribution in [0.5, 0.6) is 0 Å². The van der Waals surface area contributed by atoms with Crippen LogP contribution < -0.4 is 11.1 Å². The number of aliphatic hydroxyl groups excluding tert-OH is 1. The van der Waals surface area contributed by atoms with E-state index >= 15 is 0 Å². The van der Waals surface area contributed by atoms with Crippen molar-refractivity contribution >= 4 is 23.4 Å². The summed E-state index contributed by atoms with van der Waals surface area (Å²) in [7, 11) is 0. The Morgan fingerprint density at radius 3 is 2.55 bits per heavy atom. The number of imide groups is 1. The summed E-state index contributed by atoms with van der Waals surface area (Å²) in [5, 5.41) is 12.7. The molecule has 4 rings (SSSR count). The zero-order chi connectivity index (χ0) is 30.1. The van der Waals surface area contributed by atoms with Gasteiger partial charge < -0.3 is 21.1 Å². The van der Waals surface area contributed by atoms with E-state index in [-0.39, 0.29) is 18.6 Å². The van der Waals surface area contributed by atoms with Crippen molar-refractivity contribution in [3.63, 3.8) is 0 Å². The van der Waals surface area contributed by atoms with E-state index in [9.17, 15) is 19.5 Å². The molecule has 0 saturated heterocycles. The predicted molar refractivity (Wildman–Crippen MR) is 165 cm³/mol. The number of nitrogens with zero attached hydrogens (tertiary/aromatic N) is 2. The number of aryl methyl sites for hydroxylation is 1. The van der Waals surface area contributed by atoms with Gasteiger partial charge in [-0.15, -0.1) is 0 Å². The molecule has 8 heteroatoms. The van der Waals surface area contributed by atoms with Gasteiger partial charge in [-0.1, -0.05) is 68.0 Å². The first kappa shape index (κ1) is 31.0. The van der Waals surface area contributed by atoms with Gasteiger partial charge in [-0.05, 0) is 74.1 Å². The molecule has 0 heterocycles. The number of allylic oxidation sites excluding steroid dienone is 4. The molecule has 4 N–H and O–H groups in total. The van der Waals surface area contributed by atoms with E-state index in [0.29, 0.717) is 31.0 Å². The van der Waals surface area contributed by atoms with Crippen molar-refractivity contribution in [2.45, 2.75) is 71.4 Å². The standard InChI is InChI=1S/C34H44N4O4/c1-3-10-27-21-28(29-13-8-5-9-14-31(29)36-19-20-39)17-18-30(27)33(41)38(34(35)42)23-32(40)37(24(2)26-15-16-26)22-25-11-6-4-7-12-25/h4,6-8,11-13,17-18,21,24,26,36,39H,3,5,9-10,14-16,19-20,22-23H2,1-2H3,(H2,35,42)/t24-/m0/s1. The maximum absolute atomic E-state index is 13.9. The van der Waals surface area contributed by atoms with E-state index in [1.165, 1.54) is 0 Å². The third kappa shape index (κ3) is 7.88. The molecule has 2 aromatic rings. The van der Waals surface area contributed by atoms with Crippen LogP contribution in [-0.4, -0.2) is 58.5 Å². The molecule has 2 aromatic carbocycles. The SMILES string of the molecule is CCCc1cc(C2=C(NCCO)CCCC=C2)ccc1C(=O)N(CC(=O)N(Cc1ccccc1)[C@@H](C)C1CC1)C(N)=O. The second-order valence-electron chi connectivity index (χ2n) is 11.3. The molecule has 4 amide bonds. The minimum Gasteiger partial charge on any atom is -0.395 e. The number of amides is 4. The third-order valence-electron chi connectivity index (χ3n) is 8.14. The molecular weight excluding hydrogens is 528 g/mol. The highest BCUT2D eigenvalue weighted by Crippen LogP contribution is 2.36. The number of aliphatic hydroxyl groups is 1. The first-order chi connectivity index (χ1) is 20.3. The van der Waals surface area contributed by atoms with Crippen molar-refractivity contribution in [1.29, 1.82) is 0 Å². The van der Waals surface area contributed by atoms with E-state index in [2.05, 4.69) is 17.5 Å². The summed E-state index contributed by atoms with van der Waals surface area (Å²) in [6.07, 6.45) is 10.6. The maximum Gasteiger partial charge on any atom is 0.322 e. The van der Waals surface area contributed by atoms with Crippen molar-refractivity contribution in [3.05, 3.63) is 88.6 Å². The van der Waals surface area contributed by atoms with E-state index in [4.69, 9.17) is 5.73 Å². The normalized spacial score (nSPS) is 15.6. The van der Waals surface area contributed by atoms with Gasteiger partial charge in [-0.25, -0.2) is 4.79 Å². The second kappa shape index (κ2) is 14.8. The zero-order valence-electron chi connectivity index (χ0n) is 24.9. The lowest BCUT2D eigenvalue weighted by Crippen LogP contribution is -2.50. The smallest absolute Gasteiger partial charge is 0.322 e. The number of hydrogen-bond donors (Lipinski definition) is 3. The monoisotopic (exact) mass is 572 g/mol. The first-order valence-electron chi connectivity index (χ1n) is 15.2. The fourth-order valence-corrected chi connectivity index (χ4v) is 5.63. The Bertz CT molecular complexity index is 1320. The van der Waals surface area contributed by atoms with Crippen LogP contribution in [0.3, 0.4) is 0 Å². The number of hydrogen-bond acceptors (Lipinski definition) is 5. The van der Waals surface area contributed by atoms with Gasteiger partial charge in [-0.3, -0.25) is 14.5 Å². The largest absolute Gasteiger partial charge is 0.395 e. The minimum absolute atomic E-state index is 0.00739. The van der Waals surface area contributed by atoms with Crippen LogP contribution in [0.15, 0.2) is 66.4 Å². The van der Waals surface area contributed by atoms with Gasteiger partial charge in [0.25, 0.3) is 5.91 Å². The Morgan fingerprint density at radius 1 is 1.12 bits per heavy atom. The van der Waals surface area contributed by atoms with Gasteiger partial charge >= 0.3 is 6.03 Å². The van der Waals surface area contributed by atoms with Crippen LogP contribution in [0, 0.1) is 5.92 Å². The van der Waals surface area contributed by atoms with Crippen LogP contribution in [0.4, 0.5) is 4.79 Å². The molecule has 2 aliphatic rings. The van der Waals surface area contributed by atoms with Gasteiger partial charge in [0.05, 0.1) is 6.61 Å². The molecule has 0 aliphatic heterocycles. The lowest BCUT2D eigenvalue weighted by atomic mass is 9.94. The average molecular weight is 573 g/mol. The Morgan fingerprint density at radius 2 is 1.88 bits per heavy atom. The van der Waals surface area contributed by atoms with Crippen molar-refractivity contribution < 1.29 is 19.5 Å². The van der Waals surface area contributed by atoms with Crippen molar-refractivity contribution in [2.75, 3.05) is 19.7 Å². The number of carbonyl (C=O) groups excluding carboxylic acids is 3. The van der Waals surface area contributed by atoms with Gasteiger partial charge in [0.1, 0.15) is 6.54 Å². The molecule has 224 valence electrons. The van der Waals surface area contributed by atoms with Gasteiger partial charge in [0, 0.05) is 36.0 Å². The van der Waals surface area contributed by atoms with Crippen molar-refractivity contribution in [3.8, 4) is 0 Å². The van der Waals surface area contributed by atoms with Crippen LogP contribution in [0.25, 0.3) is 5.57 Å². The highest BCUT2D eigenvalue weighted by molar-refractivity contribution is 6.07. The third-order valence-corrected chi connectivity index (χ3v) is 8.14. The van der Waals surface area contributed by atoms with Gasteiger partial charge in [0.15, 0.2) is 0 Å². The van der Waals surface area contributed by atoms with Gasteiger partial charge in [-0.2, -0.15) is 0 Å². The number of rotatable bonds is 13. The number of carbonyl (C=O) groups is 3.